The fourth-order valence-corrected chi connectivity index (χ4v) is 0.395. The van der Waals surface area contributed by atoms with Crippen LogP contribution in [0.2, 0.25) is 0 Å². The van der Waals surface area contributed by atoms with Gasteiger partial charge in [-0.3, -0.25) is 4.79 Å². The third kappa shape index (κ3) is 4.81. The van der Waals surface area contributed by atoms with E-state index in [1.54, 1.807) is 0 Å². The summed E-state index contributed by atoms with van der Waals surface area (Å²) >= 11 is 0. The Morgan fingerprint density at radius 2 is 1.31 bits per heavy atom. The second kappa shape index (κ2) is 4.54. The molecular weight excluding hydrogens is 229 g/mol. The minimum absolute atomic E-state index is 0. The van der Waals surface area contributed by atoms with Crippen LogP contribution >= 0.6 is 12.4 Å². The summed E-state index contributed by atoms with van der Waals surface area (Å²) in [5.41, 5.74) is 0. The normalized spacial score (nSPS) is 12.2. The second-order valence-electron chi connectivity index (χ2n) is 1.70. The van der Waals surface area contributed by atoms with Gasteiger partial charge in [0.15, 0.2) is 0 Å². The zero-order chi connectivity index (χ0) is 9.99. The van der Waals surface area contributed by atoms with Gasteiger partial charge in [0.05, 0.1) is 0 Å². The Hall–Kier alpha value is -0.660. The molecule has 13 heavy (non-hydrogen) atoms. The third-order valence-corrected chi connectivity index (χ3v) is 0.786. The van der Waals surface area contributed by atoms with Crippen molar-refractivity contribution >= 4 is 18.9 Å². The molecule has 0 fully saturated rings. The van der Waals surface area contributed by atoms with E-state index in [9.17, 15) is 31.1 Å². The van der Waals surface area contributed by atoms with Crippen LogP contribution in [0.3, 0.4) is 0 Å². The molecule has 0 N–H and O–H groups in total. The summed E-state index contributed by atoms with van der Waals surface area (Å²) in [6, 6.07) is 0. The molecule has 0 aliphatic heterocycles. The van der Waals surface area contributed by atoms with E-state index in [4.69, 9.17) is 0 Å². The summed E-state index contributed by atoms with van der Waals surface area (Å²) in [5.74, 6) is 0. The molecule has 0 atom stereocenters. The summed E-state index contributed by atoms with van der Waals surface area (Å²) in [7, 11) is 0. The van der Waals surface area contributed by atoms with Gasteiger partial charge in [0.25, 0.3) is 12.6 Å². The summed E-state index contributed by atoms with van der Waals surface area (Å²) in [6.45, 7) is -0.897. The van der Waals surface area contributed by atoms with Gasteiger partial charge in [-0.05, 0) is 0 Å². The minimum Gasteiger partial charge on any atom is -0.445 e. The smallest absolute Gasteiger partial charge is 0.434 e. The first kappa shape index (κ1) is 14.8. The molecule has 0 spiro atoms. The summed E-state index contributed by atoms with van der Waals surface area (Å²) in [6.07, 6.45) is -15.3. The lowest BCUT2D eigenvalue weighted by molar-refractivity contribution is -0.309. The Morgan fingerprint density at radius 3 is 1.38 bits per heavy atom. The Kier molecular flexibility index (Phi) is 5.18. The zero-order valence-electron chi connectivity index (χ0n) is 5.65. The minimum atomic E-state index is -5.63. The van der Waals surface area contributed by atoms with Gasteiger partial charge in [-0.25, -0.2) is 0 Å². The topological polar surface area (TPSA) is 26.3 Å². The Morgan fingerprint density at radius 1 is 1.00 bits per heavy atom. The van der Waals surface area contributed by atoms with Crippen molar-refractivity contribution in [3.63, 3.8) is 0 Å². The third-order valence-electron chi connectivity index (χ3n) is 0.786. The van der Waals surface area contributed by atoms with Gasteiger partial charge < -0.3 is 4.74 Å². The van der Waals surface area contributed by atoms with Crippen LogP contribution in [0.4, 0.5) is 26.3 Å². The van der Waals surface area contributed by atoms with E-state index in [-0.39, 0.29) is 12.4 Å². The summed E-state index contributed by atoms with van der Waals surface area (Å²) in [4.78, 5) is 9.29. The van der Waals surface area contributed by atoms with Gasteiger partial charge in [0, 0.05) is 0 Å². The van der Waals surface area contributed by atoms with Gasteiger partial charge >= 0.3 is 12.4 Å². The van der Waals surface area contributed by atoms with Crippen molar-refractivity contribution in [2.75, 3.05) is 0 Å². The van der Waals surface area contributed by atoms with Crippen LogP contribution in [-0.4, -0.2) is 24.9 Å². The van der Waals surface area contributed by atoms with Crippen molar-refractivity contribution in [3.05, 3.63) is 0 Å². The molecule has 0 amide bonds. The molecule has 0 radical (unpaired) electrons. The van der Waals surface area contributed by atoms with Crippen molar-refractivity contribution in [2.24, 2.45) is 0 Å². The fourth-order valence-electron chi connectivity index (χ4n) is 0.395. The van der Waals surface area contributed by atoms with Crippen LogP contribution in [-0.2, 0) is 9.53 Å². The number of carbonyl (C=O) groups excluding carboxylic acids is 1. The quantitative estimate of drug-likeness (QED) is 0.538. The van der Waals surface area contributed by atoms with Crippen molar-refractivity contribution in [3.8, 4) is 0 Å². The van der Waals surface area contributed by atoms with Gasteiger partial charge in [0.2, 0.25) is 0 Å². The van der Waals surface area contributed by atoms with Crippen LogP contribution in [0.25, 0.3) is 0 Å². The number of halogens is 7. The van der Waals surface area contributed by atoms with E-state index in [0.29, 0.717) is 0 Å². The molecule has 0 aliphatic carbocycles. The predicted molar refractivity (Wildman–Crippen MR) is 30.3 cm³/mol. The molecular formula is C4H3ClF6O2. The van der Waals surface area contributed by atoms with E-state index in [1.807, 2.05) is 0 Å². The van der Waals surface area contributed by atoms with Crippen LogP contribution in [0.5, 0.6) is 0 Å². The molecule has 0 heterocycles. The first-order valence-corrected chi connectivity index (χ1v) is 2.42. The van der Waals surface area contributed by atoms with E-state index in [1.165, 1.54) is 0 Å². The highest BCUT2D eigenvalue weighted by molar-refractivity contribution is 5.85. The number of hydrogen-bond donors (Lipinski definition) is 0. The van der Waals surface area contributed by atoms with Crippen LogP contribution in [0, 0.1) is 0 Å². The summed E-state index contributed by atoms with van der Waals surface area (Å²) < 4.78 is 71.2. The molecule has 9 heteroatoms. The van der Waals surface area contributed by atoms with Crippen molar-refractivity contribution < 1.29 is 35.9 Å². The fraction of sp³-hybridized carbons (Fsp3) is 0.750. The molecule has 0 saturated heterocycles. The van der Waals surface area contributed by atoms with Gasteiger partial charge in [0.1, 0.15) is 0 Å². The second-order valence-corrected chi connectivity index (χ2v) is 1.70. The molecule has 0 aromatic carbocycles. The van der Waals surface area contributed by atoms with Gasteiger partial charge in [-0.1, -0.05) is 0 Å². The largest absolute Gasteiger partial charge is 0.445 e. The highest BCUT2D eigenvalue weighted by Gasteiger charge is 2.59. The molecule has 0 saturated carbocycles. The zero-order valence-corrected chi connectivity index (χ0v) is 6.46. The maximum absolute atomic E-state index is 11.4. The lowest BCUT2D eigenvalue weighted by Gasteiger charge is -2.20. The Bertz CT molecular complexity index is 149. The number of rotatable bonds is 2. The molecule has 0 aromatic heterocycles. The first-order chi connectivity index (χ1) is 5.19. The first-order valence-electron chi connectivity index (χ1n) is 2.42. The van der Waals surface area contributed by atoms with E-state index >= 15 is 0 Å². The highest BCUT2D eigenvalue weighted by Crippen LogP contribution is 2.34. The van der Waals surface area contributed by atoms with Gasteiger partial charge in [-0.15, -0.1) is 12.4 Å². The maximum Gasteiger partial charge on any atom is 0.434 e. The average Bonchev–Trinajstić information content (AvgIpc) is 1.77. The van der Waals surface area contributed by atoms with E-state index in [0.717, 1.165) is 0 Å². The average molecular weight is 233 g/mol. The van der Waals surface area contributed by atoms with Crippen molar-refractivity contribution in [2.45, 2.75) is 18.5 Å². The highest BCUT2D eigenvalue weighted by atomic mass is 35.5. The Labute approximate surface area is 74.3 Å². The van der Waals surface area contributed by atoms with E-state index in [2.05, 4.69) is 4.74 Å². The molecule has 2 nitrogen and oxygen atoms in total. The Balaban J connectivity index is 0. The SMILES string of the molecule is Cl.O=COC(C(F)(F)F)C(F)(F)F. The maximum atomic E-state index is 11.4. The summed E-state index contributed by atoms with van der Waals surface area (Å²) in [5, 5.41) is 0. The molecule has 0 unspecified atom stereocenters. The molecule has 0 aromatic rings. The van der Waals surface area contributed by atoms with Crippen molar-refractivity contribution in [1.82, 2.24) is 0 Å². The van der Waals surface area contributed by atoms with Crippen molar-refractivity contribution in [1.29, 1.82) is 0 Å². The van der Waals surface area contributed by atoms with Crippen LogP contribution in [0.1, 0.15) is 0 Å². The number of ether oxygens (including phenoxy) is 1. The van der Waals surface area contributed by atoms with Crippen LogP contribution in [0.15, 0.2) is 0 Å². The van der Waals surface area contributed by atoms with Gasteiger partial charge in [-0.2, -0.15) is 26.3 Å². The predicted octanol–water partition coefficient (Wildman–Crippen LogP) is 2.07. The lowest BCUT2D eigenvalue weighted by atomic mass is 10.3. The number of alkyl halides is 6. The van der Waals surface area contributed by atoms with E-state index < -0.39 is 24.9 Å². The molecule has 0 aliphatic rings. The van der Waals surface area contributed by atoms with Crippen LogP contribution < -0.4 is 0 Å². The number of carbonyl (C=O) groups is 1. The number of hydrogen-bond acceptors (Lipinski definition) is 2. The molecule has 0 bridgehead atoms. The monoisotopic (exact) mass is 232 g/mol. The lowest BCUT2D eigenvalue weighted by Crippen LogP contribution is -2.44. The standard InChI is InChI=1S/C4H2F6O2.ClH/c5-3(6,7)2(12-1-11)4(8,9)10;/h1-2H;1H. The molecule has 80 valence electrons. The molecule has 0 rings (SSSR count).